The quantitative estimate of drug-likeness (QED) is 0.722. The molecule has 2 N–H and O–H groups in total. The summed E-state index contributed by atoms with van der Waals surface area (Å²) in [6, 6.07) is 0. The monoisotopic (exact) mass is 288 g/mol. The van der Waals surface area contributed by atoms with Gasteiger partial charge in [-0.1, -0.05) is 46.4 Å². The van der Waals surface area contributed by atoms with Gasteiger partial charge in [0.05, 0.1) is 0 Å². The summed E-state index contributed by atoms with van der Waals surface area (Å²) in [5.74, 6) is 0.881. The van der Waals surface area contributed by atoms with Crippen molar-refractivity contribution in [3.63, 3.8) is 0 Å². The molecule has 0 aliphatic carbocycles. The Morgan fingerprint density at radius 1 is 1.21 bits per heavy atom. The Balaban J connectivity index is 3.84. The zero-order valence-corrected chi connectivity index (χ0v) is 13.7. The molecular weight excluding hydrogens is 260 g/mol. The molecule has 4 nitrogen and oxygen atoms in total. The van der Waals surface area contributed by atoms with Gasteiger partial charge in [0.1, 0.15) is 0 Å². The Labute approximate surface area is 121 Å². The van der Waals surface area contributed by atoms with Gasteiger partial charge in [0.15, 0.2) is 0 Å². The molecule has 0 bridgehead atoms. The van der Waals surface area contributed by atoms with Gasteiger partial charge in [-0.25, -0.2) is 0 Å². The van der Waals surface area contributed by atoms with Crippen LogP contribution in [0.25, 0.3) is 0 Å². The van der Waals surface area contributed by atoms with Crippen molar-refractivity contribution in [2.45, 2.75) is 47.5 Å². The highest BCUT2D eigenvalue weighted by atomic mass is 32.2. The predicted molar refractivity (Wildman–Crippen MR) is 82.4 cm³/mol. The minimum absolute atomic E-state index is 0.0165. The van der Waals surface area contributed by atoms with Crippen LogP contribution in [0.3, 0.4) is 0 Å². The van der Waals surface area contributed by atoms with Crippen molar-refractivity contribution >= 4 is 22.9 Å². The molecule has 0 aliphatic rings. The van der Waals surface area contributed by atoms with Crippen LogP contribution in [-0.4, -0.2) is 30.0 Å². The summed E-state index contributed by atoms with van der Waals surface area (Å²) in [4.78, 5) is 22.9. The first-order valence-corrected chi connectivity index (χ1v) is 7.95. The topological polar surface area (TPSA) is 58.2 Å². The molecule has 0 saturated carbocycles. The van der Waals surface area contributed by atoms with Crippen LogP contribution >= 0.6 is 11.8 Å². The summed E-state index contributed by atoms with van der Waals surface area (Å²) in [6.07, 6.45) is 1.86. The van der Waals surface area contributed by atoms with Gasteiger partial charge in [0.25, 0.3) is 5.24 Å². The molecule has 0 atom stereocenters. The third-order valence-corrected chi connectivity index (χ3v) is 3.61. The second kappa shape index (κ2) is 9.23. The van der Waals surface area contributed by atoms with E-state index in [-0.39, 0.29) is 22.5 Å². The lowest BCUT2D eigenvalue weighted by Gasteiger charge is -2.25. The lowest BCUT2D eigenvalue weighted by Crippen LogP contribution is -2.36. The van der Waals surface area contributed by atoms with Gasteiger partial charge in [0, 0.05) is 24.8 Å². The highest BCUT2D eigenvalue weighted by molar-refractivity contribution is 8.13. The first kappa shape index (κ1) is 18.3. The molecule has 0 heterocycles. The molecule has 0 rings (SSSR count). The van der Waals surface area contributed by atoms with Gasteiger partial charge in [-0.3, -0.25) is 9.59 Å². The van der Waals surface area contributed by atoms with Crippen LogP contribution in [0.15, 0.2) is 0 Å². The highest BCUT2D eigenvalue weighted by Gasteiger charge is 2.20. The van der Waals surface area contributed by atoms with Crippen LogP contribution in [0.4, 0.5) is 4.79 Å². The molecule has 0 aliphatic heterocycles. The fourth-order valence-corrected chi connectivity index (χ4v) is 2.36. The number of hydrogen-bond donors (Lipinski definition) is 2. The van der Waals surface area contributed by atoms with Crippen LogP contribution < -0.4 is 10.6 Å². The van der Waals surface area contributed by atoms with Crippen LogP contribution in [-0.2, 0) is 4.79 Å². The molecule has 0 spiro atoms. The van der Waals surface area contributed by atoms with Crippen LogP contribution in [0, 0.1) is 11.3 Å². The van der Waals surface area contributed by atoms with Crippen LogP contribution in [0.5, 0.6) is 0 Å². The van der Waals surface area contributed by atoms with Crippen molar-refractivity contribution in [3.8, 4) is 0 Å². The summed E-state index contributed by atoms with van der Waals surface area (Å²) in [5, 5.41) is 5.83. The van der Waals surface area contributed by atoms with Crippen LogP contribution in [0.1, 0.15) is 47.5 Å². The second-order valence-electron chi connectivity index (χ2n) is 5.85. The van der Waals surface area contributed by atoms with Gasteiger partial charge in [-0.15, -0.1) is 0 Å². The van der Waals surface area contributed by atoms with Crippen molar-refractivity contribution in [2.24, 2.45) is 11.3 Å². The Bertz CT molecular complexity index is 291. The molecule has 2 amide bonds. The van der Waals surface area contributed by atoms with Crippen molar-refractivity contribution in [2.75, 3.05) is 18.8 Å². The van der Waals surface area contributed by atoms with Gasteiger partial charge >= 0.3 is 0 Å². The zero-order valence-electron chi connectivity index (χ0n) is 12.8. The summed E-state index contributed by atoms with van der Waals surface area (Å²) in [6.45, 7) is 11.4. The second-order valence-corrected chi connectivity index (χ2v) is 6.92. The first-order valence-electron chi connectivity index (χ1n) is 6.97. The minimum Gasteiger partial charge on any atom is -0.355 e. The summed E-state index contributed by atoms with van der Waals surface area (Å²) >= 11 is 1.32. The number of thioether (sulfide) groups is 1. The number of carbonyl (C=O) groups excluding carboxylic acids is 2. The highest BCUT2D eigenvalue weighted by Crippen LogP contribution is 2.22. The molecule has 0 aromatic heterocycles. The molecule has 0 fully saturated rings. The van der Waals surface area contributed by atoms with E-state index >= 15 is 0 Å². The predicted octanol–water partition coefficient (Wildman–Crippen LogP) is 3.03. The molecule has 0 aromatic rings. The van der Waals surface area contributed by atoms with E-state index in [0.29, 0.717) is 6.54 Å². The molecule has 0 aromatic carbocycles. The standard InChI is InChI=1S/C14H28N2O2S/c1-6-8-15-13(18)19-9-7-14(4,5)10-16-12(17)11(2)3/h11H,6-10H2,1-5H3,(H,15,18)(H,16,17). The van der Waals surface area contributed by atoms with E-state index in [1.807, 2.05) is 20.8 Å². The lowest BCUT2D eigenvalue weighted by molar-refractivity contribution is -0.124. The zero-order chi connectivity index (χ0) is 14.9. The van der Waals surface area contributed by atoms with Gasteiger partial charge in [-0.2, -0.15) is 0 Å². The molecule has 19 heavy (non-hydrogen) atoms. The smallest absolute Gasteiger partial charge is 0.279 e. The first-order chi connectivity index (χ1) is 8.78. The number of carbonyl (C=O) groups is 2. The normalized spacial score (nSPS) is 11.5. The maximum Gasteiger partial charge on any atom is 0.279 e. The van der Waals surface area contributed by atoms with Gasteiger partial charge < -0.3 is 10.6 Å². The Morgan fingerprint density at radius 2 is 1.84 bits per heavy atom. The third kappa shape index (κ3) is 9.82. The third-order valence-electron chi connectivity index (χ3n) is 2.80. The van der Waals surface area contributed by atoms with E-state index < -0.39 is 0 Å². The average molecular weight is 288 g/mol. The Kier molecular flexibility index (Phi) is 8.89. The van der Waals surface area contributed by atoms with Crippen molar-refractivity contribution < 1.29 is 9.59 Å². The molecule has 0 radical (unpaired) electrons. The van der Waals surface area contributed by atoms with E-state index in [1.54, 1.807) is 0 Å². The van der Waals surface area contributed by atoms with Crippen molar-refractivity contribution in [1.82, 2.24) is 10.6 Å². The number of rotatable bonds is 8. The molecular formula is C14H28N2O2S. The number of amides is 2. The van der Waals surface area contributed by atoms with E-state index in [1.165, 1.54) is 11.8 Å². The Hall–Kier alpha value is -0.710. The maximum atomic E-state index is 11.5. The fourth-order valence-electron chi connectivity index (χ4n) is 1.32. The van der Waals surface area contributed by atoms with E-state index in [2.05, 4.69) is 24.5 Å². The summed E-state index contributed by atoms with van der Waals surface area (Å²) in [5.41, 5.74) is 0.0165. The Morgan fingerprint density at radius 3 is 2.37 bits per heavy atom. The van der Waals surface area contributed by atoms with Crippen molar-refractivity contribution in [1.29, 1.82) is 0 Å². The fraction of sp³-hybridized carbons (Fsp3) is 0.857. The van der Waals surface area contributed by atoms with Gasteiger partial charge in [0.2, 0.25) is 5.91 Å². The summed E-state index contributed by atoms with van der Waals surface area (Å²) in [7, 11) is 0. The molecule has 0 unspecified atom stereocenters. The number of hydrogen-bond acceptors (Lipinski definition) is 3. The van der Waals surface area contributed by atoms with Crippen molar-refractivity contribution in [3.05, 3.63) is 0 Å². The largest absolute Gasteiger partial charge is 0.355 e. The minimum atomic E-state index is 0.0165. The molecule has 0 saturated heterocycles. The summed E-state index contributed by atoms with van der Waals surface area (Å²) < 4.78 is 0. The lowest BCUT2D eigenvalue weighted by atomic mass is 9.90. The van der Waals surface area contributed by atoms with Gasteiger partial charge in [-0.05, 0) is 18.3 Å². The van der Waals surface area contributed by atoms with Crippen LogP contribution in [0.2, 0.25) is 0 Å². The van der Waals surface area contributed by atoms with E-state index in [0.717, 1.165) is 25.1 Å². The van der Waals surface area contributed by atoms with E-state index in [9.17, 15) is 9.59 Å². The van der Waals surface area contributed by atoms with E-state index in [4.69, 9.17) is 0 Å². The SMILES string of the molecule is CCCNC(=O)SCCC(C)(C)CNC(=O)C(C)C. The number of nitrogens with one attached hydrogen (secondary N) is 2. The molecule has 112 valence electrons. The molecule has 5 heteroatoms. The average Bonchev–Trinajstić information content (AvgIpc) is 2.33. The maximum absolute atomic E-state index is 11.5.